The van der Waals surface area contributed by atoms with Gasteiger partial charge >= 0.3 is 0 Å². The molecule has 0 spiro atoms. The van der Waals surface area contributed by atoms with Gasteiger partial charge in [0.1, 0.15) is 0 Å². The molecular formula is C16H21NO4S. The standard InChI is InChI=1S/C16H21NO4S/c1-11-9-17(10-16(11,19)13-5-6-13)15(18)12-3-7-14(8-4-12)22(2,20)21/h3-4,7-8,11,13,19H,5-6,9-10H2,1-2H3/t11-,16+/m1/s1. The number of aliphatic hydroxyl groups is 1. The molecule has 5 nitrogen and oxygen atoms in total. The van der Waals surface area contributed by atoms with Crippen LogP contribution in [0.15, 0.2) is 29.2 Å². The summed E-state index contributed by atoms with van der Waals surface area (Å²) < 4.78 is 22.9. The Morgan fingerprint density at radius 2 is 1.86 bits per heavy atom. The predicted octanol–water partition coefficient (Wildman–Crippen LogP) is 1.32. The summed E-state index contributed by atoms with van der Waals surface area (Å²) in [5.74, 6) is 0.232. The van der Waals surface area contributed by atoms with Crippen molar-refractivity contribution in [3.05, 3.63) is 29.8 Å². The number of sulfone groups is 1. The number of β-amino-alcohol motifs (C(OH)–C–C–N with tert-alkyl or cyclic N) is 1. The van der Waals surface area contributed by atoms with Crippen LogP contribution in [-0.2, 0) is 9.84 Å². The lowest BCUT2D eigenvalue weighted by Gasteiger charge is -2.26. The molecule has 3 rings (SSSR count). The van der Waals surface area contributed by atoms with Crippen LogP contribution in [0.4, 0.5) is 0 Å². The zero-order chi connectivity index (χ0) is 16.1. The van der Waals surface area contributed by atoms with Crippen molar-refractivity contribution < 1.29 is 18.3 Å². The molecule has 6 heteroatoms. The third-order valence-corrected chi connectivity index (χ3v) is 6.02. The minimum absolute atomic E-state index is 0.0687. The van der Waals surface area contributed by atoms with E-state index in [1.165, 1.54) is 24.3 Å². The Morgan fingerprint density at radius 1 is 1.27 bits per heavy atom. The maximum Gasteiger partial charge on any atom is 0.253 e. The Balaban J connectivity index is 1.77. The van der Waals surface area contributed by atoms with E-state index in [0.717, 1.165) is 19.1 Å². The van der Waals surface area contributed by atoms with Crippen LogP contribution in [0.2, 0.25) is 0 Å². The molecule has 1 heterocycles. The first kappa shape index (κ1) is 15.5. The summed E-state index contributed by atoms with van der Waals surface area (Å²) in [4.78, 5) is 14.4. The minimum Gasteiger partial charge on any atom is -0.387 e. The first-order valence-electron chi connectivity index (χ1n) is 7.53. The SMILES string of the molecule is C[C@@H]1CN(C(=O)c2ccc(S(C)(=O)=O)cc2)C[C@@]1(O)C1CC1. The van der Waals surface area contributed by atoms with E-state index in [1.807, 2.05) is 6.92 Å². The van der Waals surface area contributed by atoms with E-state index in [-0.39, 0.29) is 16.7 Å². The highest BCUT2D eigenvalue weighted by molar-refractivity contribution is 7.90. The van der Waals surface area contributed by atoms with Gasteiger partial charge in [-0.25, -0.2) is 8.42 Å². The largest absolute Gasteiger partial charge is 0.387 e. The van der Waals surface area contributed by atoms with Gasteiger partial charge in [-0.05, 0) is 43.0 Å². The van der Waals surface area contributed by atoms with Crippen molar-refractivity contribution in [1.82, 2.24) is 4.90 Å². The van der Waals surface area contributed by atoms with Gasteiger partial charge < -0.3 is 10.0 Å². The van der Waals surface area contributed by atoms with Crippen LogP contribution in [0, 0.1) is 11.8 Å². The summed E-state index contributed by atoms with van der Waals surface area (Å²) in [5.41, 5.74) is -0.304. The maximum absolute atomic E-state index is 12.5. The highest BCUT2D eigenvalue weighted by Gasteiger charge is 2.53. The van der Waals surface area contributed by atoms with Gasteiger partial charge in [0.05, 0.1) is 17.0 Å². The monoisotopic (exact) mass is 323 g/mol. The highest BCUT2D eigenvalue weighted by Crippen LogP contribution is 2.47. The van der Waals surface area contributed by atoms with E-state index in [0.29, 0.717) is 24.6 Å². The molecule has 120 valence electrons. The molecule has 1 aromatic carbocycles. The molecule has 2 aliphatic rings. The Hall–Kier alpha value is -1.40. The van der Waals surface area contributed by atoms with Gasteiger partial charge in [-0.1, -0.05) is 6.92 Å². The molecule has 1 aliphatic heterocycles. The van der Waals surface area contributed by atoms with Gasteiger partial charge in [-0.15, -0.1) is 0 Å². The number of hydrogen-bond acceptors (Lipinski definition) is 4. The smallest absolute Gasteiger partial charge is 0.253 e. The minimum atomic E-state index is -3.26. The molecule has 1 N–H and O–H groups in total. The fourth-order valence-corrected chi connectivity index (χ4v) is 3.94. The average Bonchev–Trinajstić information content (AvgIpc) is 3.26. The van der Waals surface area contributed by atoms with E-state index >= 15 is 0 Å². The molecule has 0 aromatic heterocycles. The molecule has 1 saturated carbocycles. The molecule has 0 bridgehead atoms. The van der Waals surface area contributed by atoms with E-state index in [9.17, 15) is 18.3 Å². The number of amides is 1. The lowest BCUT2D eigenvalue weighted by atomic mass is 9.88. The number of rotatable bonds is 3. The van der Waals surface area contributed by atoms with E-state index < -0.39 is 15.4 Å². The summed E-state index contributed by atoms with van der Waals surface area (Å²) in [7, 11) is -3.26. The number of carbonyl (C=O) groups is 1. The van der Waals surface area contributed by atoms with E-state index in [2.05, 4.69) is 0 Å². The molecule has 1 aliphatic carbocycles. The maximum atomic E-state index is 12.5. The normalized spacial score (nSPS) is 28.9. The van der Waals surface area contributed by atoms with Crippen LogP contribution in [0.1, 0.15) is 30.1 Å². The molecule has 2 fully saturated rings. The van der Waals surface area contributed by atoms with Gasteiger partial charge in [0.15, 0.2) is 9.84 Å². The molecule has 0 radical (unpaired) electrons. The average molecular weight is 323 g/mol. The van der Waals surface area contributed by atoms with Crippen LogP contribution in [0.3, 0.4) is 0 Å². The number of carbonyl (C=O) groups excluding carboxylic acids is 1. The van der Waals surface area contributed by atoms with E-state index in [1.54, 1.807) is 4.90 Å². The van der Waals surface area contributed by atoms with Crippen molar-refractivity contribution in [2.24, 2.45) is 11.8 Å². The summed E-state index contributed by atoms with van der Waals surface area (Å²) in [6, 6.07) is 5.99. The number of benzene rings is 1. The fourth-order valence-electron chi connectivity index (χ4n) is 3.31. The zero-order valence-corrected chi connectivity index (χ0v) is 13.6. The van der Waals surface area contributed by atoms with Crippen molar-refractivity contribution in [1.29, 1.82) is 0 Å². The summed E-state index contributed by atoms with van der Waals surface area (Å²) >= 11 is 0. The first-order chi connectivity index (χ1) is 10.2. The van der Waals surface area contributed by atoms with Gasteiger partial charge in [-0.3, -0.25) is 4.79 Å². The van der Waals surface area contributed by atoms with Gasteiger partial charge in [0.25, 0.3) is 5.91 Å². The van der Waals surface area contributed by atoms with Crippen molar-refractivity contribution in [3.8, 4) is 0 Å². The van der Waals surface area contributed by atoms with E-state index in [4.69, 9.17) is 0 Å². The van der Waals surface area contributed by atoms with Crippen molar-refractivity contribution in [2.45, 2.75) is 30.3 Å². The predicted molar refractivity (Wildman–Crippen MR) is 82.3 cm³/mol. The number of likely N-dealkylation sites (tertiary alicyclic amines) is 1. The van der Waals surface area contributed by atoms with Gasteiger partial charge in [0.2, 0.25) is 0 Å². The highest BCUT2D eigenvalue weighted by atomic mass is 32.2. The van der Waals surface area contributed by atoms with Crippen molar-refractivity contribution in [3.63, 3.8) is 0 Å². The summed E-state index contributed by atoms with van der Waals surface area (Å²) in [5, 5.41) is 10.7. The topological polar surface area (TPSA) is 74.7 Å². The first-order valence-corrected chi connectivity index (χ1v) is 9.43. The van der Waals surface area contributed by atoms with Gasteiger partial charge in [-0.2, -0.15) is 0 Å². The van der Waals surface area contributed by atoms with Crippen molar-refractivity contribution >= 4 is 15.7 Å². The number of nitrogens with zero attached hydrogens (tertiary/aromatic N) is 1. The molecule has 2 atom stereocenters. The molecule has 22 heavy (non-hydrogen) atoms. The van der Waals surface area contributed by atoms with Crippen LogP contribution >= 0.6 is 0 Å². The quantitative estimate of drug-likeness (QED) is 0.910. The Bertz CT molecular complexity index is 693. The summed E-state index contributed by atoms with van der Waals surface area (Å²) in [6.07, 6.45) is 3.21. The molecule has 1 amide bonds. The Morgan fingerprint density at radius 3 is 2.36 bits per heavy atom. The number of hydrogen-bond donors (Lipinski definition) is 1. The molecule has 0 unspecified atom stereocenters. The van der Waals surface area contributed by atoms with Crippen LogP contribution in [0.5, 0.6) is 0 Å². The van der Waals surface area contributed by atoms with Crippen LogP contribution < -0.4 is 0 Å². The summed E-state index contributed by atoms with van der Waals surface area (Å²) in [6.45, 7) is 2.89. The third-order valence-electron chi connectivity index (χ3n) is 4.89. The molecule has 1 aromatic rings. The zero-order valence-electron chi connectivity index (χ0n) is 12.8. The Labute approximate surface area is 130 Å². The second-order valence-electron chi connectivity index (χ2n) is 6.65. The third kappa shape index (κ3) is 2.65. The second-order valence-corrected chi connectivity index (χ2v) is 8.66. The fraction of sp³-hybridized carbons (Fsp3) is 0.562. The molecular weight excluding hydrogens is 302 g/mol. The second kappa shape index (κ2) is 5.06. The van der Waals surface area contributed by atoms with Crippen molar-refractivity contribution in [2.75, 3.05) is 19.3 Å². The van der Waals surface area contributed by atoms with Gasteiger partial charge in [0, 0.05) is 24.3 Å². The Kier molecular flexibility index (Phi) is 3.57. The molecule has 1 saturated heterocycles. The van der Waals surface area contributed by atoms with Crippen LogP contribution in [-0.4, -0.2) is 49.3 Å². The lowest BCUT2D eigenvalue weighted by Crippen LogP contribution is -2.40. The van der Waals surface area contributed by atoms with Crippen LogP contribution in [0.25, 0.3) is 0 Å². The lowest BCUT2D eigenvalue weighted by molar-refractivity contribution is -0.00364.